The minimum absolute atomic E-state index is 0.0187. The highest BCUT2D eigenvalue weighted by atomic mass is 16.8. The van der Waals surface area contributed by atoms with Crippen LogP contribution in [0.4, 0.5) is 10.7 Å². The standard InChI is InChI=1S/C20H25N7O4/c1-20(2,3)30-19(28)31-26-10-9-13(12-26)22-18-21-11-16-17(23-18)27(25-24-16)14-5-7-15(29-4)8-6-14/h5-8,11,13H,9-10,12H2,1-4H3,(H,21,22,23)/t13-/m0/s1. The highest BCUT2D eigenvalue weighted by Crippen LogP contribution is 2.20. The summed E-state index contributed by atoms with van der Waals surface area (Å²) >= 11 is 0. The number of fused-ring (bicyclic) bond motifs is 1. The smallest absolute Gasteiger partial charge is 0.497 e. The van der Waals surface area contributed by atoms with Crippen molar-refractivity contribution >= 4 is 23.3 Å². The van der Waals surface area contributed by atoms with E-state index in [-0.39, 0.29) is 6.04 Å². The van der Waals surface area contributed by atoms with Crippen molar-refractivity contribution in [1.29, 1.82) is 0 Å². The van der Waals surface area contributed by atoms with Gasteiger partial charge in [-0.2, -0.15) is 9.67 Å². The summed E-state index contributed by atoms with van der Waals surface area (Å²) in [5.74, 6) is 1.21. The first-order valence-corrected chi connectivity index (χ1v) is 9.96. The van der Waals surface area contributed by atoms with E-state index >= 15 is 0 Å². The molecule has 0 spiro atoms. The second-order valence-electron chi connectivity index (χ2n) is 8.18. The molecule has 11 heteroatoms. The predicted octanol–water partition coefficient (Wildman–Crippen LogP) is 2.57. The molecule has 0 amide bonds. The average Bonchev–Trinajstić information content (AvgIpc) is 3.33. The third-order valence-corrected chi connectivity index (χ3v) is 4.59. The molecule has 0 aliphatic carbocycles. The van der Waals surface area contributed by atoms with Crippen molar-refractivity contribution in [2.45, 2.75) is 38.8 Å². The van der Waals surface area contributed by atoms with Gasteiger partial charge in [0.25, 0.3) is 0 Å². The van der Waals surface area contributed by atoms with Crippen molar-refractivity contribution in [2.75, 3.05) is 25.5 Å². The summed E-state index contributed by atoms with van der Waals surface area (Å²) in [6.45, 7) is 6.46. The Morgan fingerprint density at radius 2 is 2.00 bits per heavy atom. The van der Waals surface area contributed by atoms with Crippen LogP contribution in [0, 0.1) is 0 Å². The molecule has 0 unspecified atom stereocenters. The minimum atomic E-state index is -0.708. The number of nitrogens with one attached hydrogen (secondary N) is 1. The Morgan fingerprint density at radius 1 is 1.23 bits per heavy atom. The zero-order valence-corrected chi connectivity index (χ0v) is 17.9. The van der Waals surface area contributed by atoms with Crippen LogP contribution in [-0.4, -0.2) is 68.0 Å². The number of ether oxygens (including phenoxy) is 2. The number of benzene rings is 1. The number of hydrogen-bond donors (Lipinski definition) is 1. The van der Waals surface area contributed by atoms with Gasteiger partial charge in [-0.1, -0.05) is 5.21 Å². The lowest BCUT2D eigenvalue weighted by Gasteiger charge is -2.21. The fraction of sp³-hybridized carbons (Fsp3) is 0.450. The average molecular weight is 427 g/mol. The van der Waals surface area contributed by atoms with Gasteiger partial charge in [0.05, 0.1) is 25.5 Å². The van der Waals surface area contributed by atoms with Crippen LogP contribution < -0.4 is 10.1 Å². The maximum atomic E-state index is 11.9. The van der Waals surface area contributed by atoms with Crippen molar-refractivity contribution in [3.63, 3.8) is 0 Å². The van der Waals surface area contributed by atoms with Crippen LogP contribution >= 0.6 is 0 Å². The Kier molecular flexibility index (Phi) is 5.59. The number of aromatic nitrogens is 5. The van der Waals surface area contributed by atoms with Gasteiger partial charge in [0, 0.05) is 12.6 Å². The number of rotatable bonds is 5. The van der Waals surface area contributed by atoms with Gasteiger partial charge in [0.15, 0.2) is 11.2 Å². The molecule has 0 radical (unpaired) electrons. The number of methoxy groups -OCH3 is 1. The minimum Gasteiger partial charge on any atom is -0.497 e. The normalized spacial score (nSPS) is 17.0. The maximum Gasteiger partial charge on any atom is 0.528 e. The number of nitrogens with zero attached hydrogens (tertiary/aromatic N) is 6. The highest BCUT2D eigenvalue weighted by molar-refractivity contribution is 5.72. The quantitative estimate of drug-likeness (QED) is 0.609. The van der Waals surface area contributed by atoms with Crippen LogP contribution in [0.1, 0.15) is 27.2 Å². The Balaban J connectivity index is 1.43. The molecular formula is C20H25N7O4. The molecule has 11 nitrogen and oxygen atoms in total. The SMILES string of the molecule is COc1ccc(-n2nnc3cnc(N[C@H]4CCN(OC(=O)OC(C)(C)C)C4)nc32)cc1. The maximum absolute atomic E-state index is 11.9. The molecular weight excluding hydrogens is 402 g/mol. The Hall–Kier alpha value is -3.47. The summed E-state index contributed by atoms with van der Waals surface area (Å²) in [6, 6.07) is 7.48. The van der Waals surface area contributed by atoms with E-state index in [2.05, 4.69) is 25.6 Å². The lowest BCUT2D eigenvalue weighted by Crippen LogP contribution is -2.32. The molecule has 1 saturated heterocycles. The lowest BCUT2D eigenvalue weighted by atomic mass is 10.2. The van der Waals surface area contributed by atoms with Gasteiger partial charge in [-0.15, -0.1) is 10.2 Å². The first-order valence-electron chi connectivity index (χ1n) is 9.96. The summed E-state index contributed by atoms with van der Waals surface area (Å²) < 4.78 is 12.0. The molecule has 0 saturated carbocycles. The van der Waals surface area contributed by atoms with Gasteiger partial charge in [0.1, 0.15) is 11.4 Å². The molecule has 1 atom stereocenters. The van der Waals surface area contributed by atoms with E-state index in [1.807, 2.05) is 24.3 Å². The Bertz CT molecular complexity index is 1060. The second-order valence-corrected chi connectivity index (χ2v) is 8.18. The summed E-state index contributed by atoms with van der Waals surface area (Å²) in [6.07, 6.45) is 1.68. The van der Waals surface area contributed by atoms with E-state index in [0.717, 1.165) is 17.9 Å². The number of carbonyl (C=O) groups is 1. The van der Waals surface area contributed by atoms with Crippen molar-refractivity contribution in [1.82, 2.24) is 30.0 Å². The van der Waals surface area contributed by atoms with Crippen molar-refractivity contribution < 1.29 is 19.1 Å². The van der Waals surface area contributed by atoms with Crippen molar-refractivity contribution in [3.05, 3.63) is 30.5 Å². The van der Waals surface area contributed by atoms with E-state index < -0.39 is 11.8 Å². The van der Waals surface area contributed by atoms with E-state index in [9.17, 15) is 4.79 Å². The third kappa shape index (κ3) is 5.00. The fourth-order valence-electron chi connectivity index (χ4n) is 3.18. The Morgan fingerprint density at radius 3 is 2.71 bits per heavy atom. The van der Waals surface area contributed by atoms with Crippen LogP contribution in [0.3, 0.4) is 0 Å². The van der Waals surface area contributed by atoms with Gasteiger partial charge in [-0.05, 0) is 51.5 Å². The molecule has 1 aromatic carbocycles. The molecule has 1 aliphatic rings. The number of hydrogen-bond acceptors (Lipinski definition) is 10. The van der Waals surface area contributed by atoms with E-state index in [4.69, 9.17) is 14.3 Å². The van der Waals surface area contributed by atoms with Crippen LogP contribution in [0.25, 0.3) is 16.9 Å². The van der Waals surface area contributed by atoms with E-state index in [0.29, 0.717) is 30.2 Å². The highest BCUT2D eigenvalue weighted by Gasteiger charge is 2.28. The van der Waals surface area contributed by atoms with Crippen molar-refractivity contribution in [3.8, 4) is 11.4 Å². The first-order chi connectivity index (χ1) is 14.8. The summed E-state index contributed by atoms with van der Waals surface area (Å²) in [7, 11) is 1.62. The second kappa shape index (κ2) is 8.34. The molecule has 3 aromatic rings. The lowest BCUT2D eigenvalue weighted by molar-refractivity contribution is -0.130. The molecule has 3 heterocycles. The number of hydroxylamine groups is 2. The molecule has 164 valence electrons. The van der Waals surface area contributed by atoms with Gasteiger partial charge < -0.3 is 19.6 Å². The van der Waals surface area contributed by atoms with Crippen molar-refractivity contribution in [2.24, 2.45) is 0 Å². The van der Waals surface area contributed by atoms with Crippen LogP contribution in [0.5, 0.6) is 5.75 Å². The van der Waals surface area contributed by atoms with E-state index in [1.54, 1.807) is 43.8 Å². The topological polar surface area (TPSA) is 117 Å². The zero-order valence-electron chi connectivity index (χ0n) is 17.9. The van der Waals surface area contributed by atoms with Crippen LogP contribution in [0.15, 0.2) is 30.5 Å². The summed E-state index contributed by atoms with van der Waals surface area (Å²) in [5.41, 5.74) is 1.38. The largest absolute Gasteiger partial charge is 0.528 e. The zero-order chi connectivity index (χ0) is 22.0. The summed E-state index contributed by atoms with van der Waals surface area (Å²) in [4.78, 5) is 26.0. The number of anilines is 1. The summed E-state index contributed by atoms with van der Waals surface area (Å²) in [5, 5.41) is 13.2. The van der Waals surface area contributed by atoms with E-state index in [1.165, 1.54) is 0 Å². The van der Waals surface area contributed by atoms with Crippen LogP contribution in [0.2, 0.25) is 0 Å². The van der Waals surface area contributed by atoms with Gasteiger partial charge >= 0.3 is 6.16 Å². The Labute approximate surface area is 179 Å². The monoisotopic (exact) mass is 427 g/mol. The van der Waals surface area contributed by atoms with Gasteiger partial charge in [-0.25, -0.2) is 9.78 Å². The molecule has 1 N–H and O–H groups in total. The molecule has 1 fully saturated rings. The third-order valence-electron chi connectivity index (χ3n) is 4.59. The predicted molar refractivity (Wildman–Crippen MR) is 112 cm³/mol. The van der Waals surface area contributed by atoms with Crippen LogP contribution in [-0.2, 0) is 9.57 Å². The molecule has 31 heavy (non-hydrogen) atoms. The number of carbonyl (C=O) groups excluding carboxylic acids is 1. The molecule has 1 aliphatic heterocycles. The molecule has 4 rings (SSSR count). The van der Waals surface area contributed by atoms with Gasteiger partial charge in [-0.3, -0.25) is 0 Å². The molecule has 2 aromatic heterocycles. The first kappa shape index (κ1) is 20.8. The molecule has 0 bridgehead atoms. The van der Waals surface area contributed by atoms with Gasteiger partial charge in [0.2, 0.25) is 5.95 Å². The fourth-order valence-corrected chi connectivity index (χ4v) is 3.18.